The molecule has 0 aliphatic carbocycles. The first kappa shape index (κ1) is 13.5. The summed E-state index contributed by atoms with van der Waals surface area (Å²) in [4.78, 5) is 3.63. The summed E-state index contributed by atoms with van der Waals surface area (Å²) in [6, 6.07) is 4.03. The molecule has 0 fully saturated rings. The molecule has 2 rings (SSSR count). The van der Waals surface area contributed by atoms with E-state index in [1.54, 1.807) is 0 Å². The highest BCUT2D eigenvalue weighted by molar-refractivity contribution is 5.24. The van der Waals surface area contributed by atoms with Crippen LogP contribution >= 0.6 is 0 Å². The summed E-state index contributed by atoms with van der Waals surface area (Å²) in [6.45, 7) is 0. The van der Waals surface area contributed by atoms with Gasteiger partial charge in [0, 0.05) is 17.8 Å². The third-order valence-corrected chi connectivity index (χ3v) is 2.74. The smallest absolute Gasteiger partial charge is 0.146 e. The van der Waals surface area contributed by atoms with Crippen LogP contribution in [0.2, 0.25) is 0 Å². The van der Waals surface area contributed by atoms with Gasteiger partial charge < -0.3 is 0 Å². The van der Waals surface area contributed by atoms with E-state index in [0.717, 1.165) is 12.3 Å². The molecule has 1 heterocycles. The number of rotatable bonds is 4. The minimum absolute atomic E-state index is 0.159. The highest BCUT2D eigenvalue weighted by Gasteiger charge is 2.15. The monoisotopic (exact) mass is 267 g/mol. The molecule has 0 spiro atoms. The van der Waals surface area contributed by atoms with Gasteiger partial charge in [0.05, 0.1) is 12.2 Å². The second-order valence-electron chi connectivity index (χ2n) is 4.10. The van der Waals surface area contributed by atoms with Gasteiger partial charge in [-0.1, -0.05) is 0 Å². The Labute approximate surface area is 108 Å². The fourth-order valence-electron chi connectivity index (χ4n) is 1.89. The second-order valence-corrected chi connectivity index (χ2v) is 4.10. The molecule has 6 heteroatoms. The second kappa shape index (κ2) is 5.81. The van der Waals surface area contributed by atoms with E-state index in [1.807, 2.05) is 0 Å². The molecule has 2 aromatic rings. The Morgan fingerprint density at radius 3 is 2.42 bits per heavy atom. The summed E-state index contributed by atoms with van der Waals surface area (Å²) in [6.07, 6.45) is 2.65. The van der Waals surface area contributed by atoms with E-state index in [4.69, 9.17) is 5.84 Å². The van der Waals surface area contributed by atoms with Crippen LogP contribution in [0.25, 0.3) is 0 Å². The van der Waals surface area contributed by atoms with Crippen LogP contribution in [0.15, 0.2) is 36.7 Å². The minimum Gasteiger partial charge on any atom is -0.271 e. The number of halogens is 3. The molecule has 3 nitrogen and oxygen atoms in total. The Morgan fingerprint density at radius 2 is 1.84 bits per heavy atom. The van der Waals surface area contributed by atoms with Crippen molar-refractivity contribution in [3.63, 3.8) is 0 Å². The van der Waals surface area contributed by atoms with Gasteiger partial charge in [0.15, 0.2) is 0 Å². The third-order valence-electron chi connectivity index (χ3n) is 2.74. The summed E-state index contributed by atoms with van der Waals surface area (Å²) in [5.41, 5.74) is 3.11. The molecule has 3 N–H and O–H groups in total. The topological polar surface area (TPSA) is 50.9 Å². The third kappa shape index (κ3) is 3.30. The Morgan fingerprint density at radius 1 is 1.16 bits per heavy atom. The Balaban J connectivity index is 2.26. The van der Waals surface area contributed by atoms with Crippen LogP contribution in [0.4, 0.5) is 13.2 Å². The van der Waals surface area contributed by atoms with Gasteiger partial charge in [-0.2, -0.15) is 0 Å². The lowest BCUT2D eigenvalue weighted by Gasteiger charge is -2.17. The molecule has 19 heavy (non-hydrogen) atoms. The Bertz CT molecular complexity index is 555. The van der Waals surface area contributed by atoms with Gasteiger partial charge in [0.2, 0.25) is 0 Å². The summed E-state index contributed by atoms with van der Waals surface area (Å²) in [5, 5.41) is 0. The van der Waals surface area contributed by atoms with Gasteiger partial charge in [0.25, 0.3) is 0 Å². The molecule has 100 valence electrons. The molecule has 0 bridgehead atoms. The van der Waals surface area contributed by atoms with Crippen LogP contribution in [0.3, 0.4) is 0 Å². The van der Waals surface area contributed by atoms with Crippen LogP contribution in [0.5, 0.6) is 0 Å². The SMILES string of the molecule is NNC(Cc1cc(F)cc(F)c1)c1ccncc1F. The highest BCUT2D eigenvalue weighted by atomic mass is 19.1. The van der Waals surface area contributed by atoms with E-state index >= 15 is 0 Å². The van der Waals surface area contributed by atoms with Crippen molar-refractivity contribution < 1.29 is 13.2 Å². The number of benzene rings is 1. The zero-order chi connectivity index (χ0) is 13.8. The quantitative estimate of drug-likeness (QED) is 0.660. The van der Waals surface area contributed by atoms with Crippen LogP contribution in [0, 0.1) is 17.5 Å². The van der Waals surface area contributed by atoms with E-state index < -0.39 is 23.5 Å². The van der Waals surface area contributed by atoms with Crippen LogP contribution < -0.4 is 11.3 Å². The van der Waals surface area contributed by atoms with Gasteiger partial charge in [-0.05, 0) is 30.2 Å². The average Bonchev–Trinajstić information content (AvgIpc) is 2.36. The number of nitrogens with zero attached hydrogens (tertiary/aromatic N) is 1. The van der Waals surface area contributed by atoms with Crippen molar-refractivity contribution in [2.24, 2.45) is 5.84 Å². The van der Waals surface area contributed by atoms with E-state index in [2.05, 4.69) is 10.4 Å². The number of nitrogens with one attached hydrogen (secondary N) is 1. The van der Waals surface area contributed by atoms with E-state index in [9.17, 15) is 13.2 Å². The lowest BCUT2D eigenvalue weighted by Crippen LogP contribution is -2.30. The number of aromatic nitrogens is 1. The average molecular weight is 267 g/mol. The number of hydrogen-bond acceptors (Lipinski definition) is 3. The van der Waals surface area contributed by atoms with Crippen LogP contribution in [-0.4, -0.2) is 4.98 Å². The molecule has 0 saturated carbocycles. The fourth-order valence-corrected chi connectivity index (χ4v) is 1.89. The predicted octanol–water partition coefficient (Wildman–Crippen LogP) is 2.25. The van der Waals surface area contributed by atoms with Gasteiger partial charge in [0.1, 0.15) is 17.5 Å². The lowest BCUT2D eigenvalue weighted by molar-refractivity contribution is 0.504. The lowest BCUT2D eigenvalue weighted by atomic mass is 10.00. The first-order valence-corrected chi connectivity index (χ1v) is 5.60. The van der Waals surface area contributed by atoms with Gasteiger partial charge in [-0.15, -0.1) is 0 Å². The molecular formula is C13H12F3N3. The van der Waals surface area contributed by atoms with Gasteiger partial charge in [-0.3, -0.25) is 16.3 Å². The van der Waals surface area contributed by atoms with Crippen molar-refractivity contribution in [3.8, 4) is 0 Å². The summed E-state index contributed by atoms with van der Waals surface area (Å²) in [7, 11) is 0. The standard InChI is InChI=1S/C13H12F3N3/c14-9-3-8(4-10(15)6-9)5-13(19-17)11-1-2-18-7-12(11)16/h1-4,6-7,13,19H,5,17H2. The Kier molecular flexibility index (Phi) is 4.13. The van der Waals surface area contributed by atoms with Gasteiger partial charge >= 0.3 is 0 Å². The molecule has 0 aliphatic heterocycles. The molecule has 1 unspecified atom stereocenters. The maximum atomic E-state index is 13.6. The fraction of sp³-hybridized carbons (Fsp3) is 0.154. The predicted molar refractivity (Wildman–Crippen MR) is 64.3 cm³/mol. The van der Waals surface area contributed by atoms with Crippen molar-refractivity contribution in [1.29, 1.82) is 0 Å². The summed E-state index contributed by atoms with van der Waals surface area (Å²) < 4.78 is 39.8. The van der Waals surface area contributed by atoms with Crippen molar-refractivity contribution in [2.45, 2.75) is 12.5 Å². The molecule has 0 radical (unpaired) electrons. The van der Waals surface area contributed by atoms with E-state index in [-0.39, 0.29) is 6.42 Å². The maximum Gasteiger partial charge on any atom is 0.146 e. The molecular weight excluding hydrogens is 255 g/mol. The first-order chi connectivity index (χ1) is 9.10. The largest absolute Gasteiger partial charge is 0.271 e. The summed E-state index contributed by atoms with van der Waals surface area (Å²) >= 11 is 0. The molecule has 1 aromatic heterocycles. The van der Waals surface area contributed by atoms with Crippen LogP contribution in [-0.2, 0) is 6.42 Å². The molecule has 0 aliphatic rings. The number of pyridine rings is 1. The molecule has 1 aromatic carbocycles. The van der Waals surface area contributed by atoms with Crippen molar-refractivity contribution in [1.82, 2.24) is 10.4 Å². The van der Waals surface area contributed by atoms with Crippen LogP contribution in [0.1, 0.15) is 17.2 Å². The number of hydrogen-bond donors (Lipinski definition) is 2. The van der Waals surface area contributed by atoms with Crippen molar-refractivity contribution >= 4 is 0 Å². The van der Waals surface area contributed by atoms with Crippen molar-refractivity contribution in [2.75, 3.05) is 0 Å². The molecule has 1 atom stereocenters. The normalized spacial score (nSPS) is 12.4. The van der Waals surface area contributed by atoms with Crippen molar-refractivity contribution in [3.05, 3.63) is 65.2 Å². The first-order valence-electron chi connectivity index (χ1n) is 5.60. The summed E-state index contributed by atoms with van der Waals surface area (Å²) in [5.74, 6) is 3.49. The number of hydrazine groups is 1. The minimum atomic E-state index is -0.680. The molecule has 0 amide bonds. The molecule has 0 saturated heterocycles. The van der Waals surface area contributed by atoms with E-state index in [0.29, 0.717) is 11.1 Å². The highest BCUT2D eigenvalue weighted by Crippen LogP contribution is 2.21. The van der Waals surface area contributed by atoms with E-state index in [1.165, 1.54) is 24.4 Å². The maximum absolute atomic E-state index is 13.6. The van der Waals surface area contributed by atoms with Gasteiger partial charge in [-0.25, -0.2) is 13.2 Å². The zero-order valence-electron chi connectivity index (χ0n) is 9.91. The number of nitrogens with two attached hydrogens (primary N) is 1. The zero-order valence-corrected chi connectivity index (χ0v) is 9.91. The Hall–Kier alpha value is -1.92.